The van der Waals surface area contributed by atoms with E-state index in [1.807, 2.05) is 42.5 Å². The normalized spacial score (nSPS) is 11.3. The molecule has 2 aromatic heterocycles. The molecule has 0 aliphatic rings. The summed E-state index contributed by atoms with van der Waals surface area (Å²) in [6.07, 6.45) is 0. The molecule has 1 N–H and O–H groups in total. The Balaban J connectivity index is 1.58. The highest BCUT2D eigenvalue weighted by Gasteiger charge is 2.22. The van der Waals surface area contributed by atoms with Crippen LogP contribution in [0, 0.1) is 11.7 Å². The Hall–Kier alpha value is -4.33. The van der Waals surface area contributed by atoms with Crippen molar-refractivity contribution in [2.75, 3.05) is 7.05 Å². The Morgan fingerprint density at radius 3 is 2.46 bits per heavy atom. The van der Waals surface area contributed by atoms with Crippen molar-refractivity contribution in [1.29, 1.82) is 0 Å². The van der Waals surface area contributed by atoms with Gasteiger partial charge < -0.3 is 9.73 Å². The fourth-order valence-electron chi connectivity index (χ4n) is 4.03. The number of nitrogens with zero attached hydrogens (tertiary/aromatic N) is 4. The van der Waals surface area contributed by atoms with Crippen LogP contribution in [0.1, 0.15) is 24.2 Å². The van der Waals surface area contributed by atoms with Crippen molar-refractivity contribution < 1.29 is 13.6 Å². The zero-order valence-electron chi connectivity index (χ0n) is 19.6. The highest BCUT2D eigenvalue weighted by Crippen LogP contribution is 2.36. The van der Waals surface area contributed by atoms with Gasteiger partial charge in [0.25, 0.3) is 5.91 Å². The molecule has 8 heteroatoms. The van der Waals surface area contributed by atoms with Gasteiger partial charge in [-0.05, 0) is 64.7 Å². The predicted molar refractivity (Wildman–Crippen MR) is 132 cm³/mol. The molecular formula is C27H24FN5O2. The molecule has 0 bridgehead atoms. The van der Waals surface area contributed by atoms with Gasteiger partial charge in [-0.2, -0.15) is 4.80 Å². The number of carbonyl (C=O) groups excluding carboxylic acids is 1. The van der Waals surface area contributed by atoms with Crippen molar-refractivity contribution in [2.45, 2.75) is 20.4 Å². The lowest BCUT2D eigenvalue weighted by Gasteiger charge is -2.05. The Morgan fingerprint density at radius 2 is 1.71 bits per heavy atom. The Labute approximate surface area is 201 Å². The molecule has 2 heterocycles. The van der Waals surface area contributed by atoms with Gasteiger partial charge in [0.15, 0.2) is 0 Å². The number of benzene rings is 3. The zero-order valence-corrected chi connectivity index (χ0v) is 19.6. The standard InChI is InChI=1S/C27H24FN5O2/c1-16(2)15-33-31-26(30-32-33)20-6-4-5-18(13-20)19-9-12-23-22(14-19)24(27(34)29-3)25(35-23)17-7-10-21(28)11-8-17/h4-14,16H,15H2,1-3H3,(H,29,34). The number of rotatable bonds is 6. The first-order chi connectivity index (χ1) is 16.9. The quantitative estimate of drug-likeness (QED) is 0.351. The largest absolute Gasteiger partial charge is 0.455 e. The summed E-state index contributed by atoms with van der Waals surface area (Å²) in [5, 5.41) is 16.2. The second kappa shape index (κ2) is 9.13. The fraction of sp³-hybridized carbons (Fsp3) is 0.185. The second-order valence-electron chi connectivity index (χ2n) is 8.75. The van der Waals surface area contributed by atoms with Crippen molar-refractivity contribution in [3.8, 4) is 33.8 Å². The maximum atomic E-state index is 13.5. The summed E-state index contributed by atoms with van der Waals surface area (Å²) in [6.45, 7) is 4.90. The number of nitrogens with one attached hydrogen (secondary N) is 1. The molecule has 35 heavy (non-hydrogen) atoms. The lowest BCUT2D eigenvalue weighted by atomic mass is 9.99. The van der Waals surface area contributed by atoms with Crippen LogP contribution in [0.5, 0.6) is 0 Å². The summed E-state index contributed by atoms with van der Waals surface area (Å²) in [5.74, 6) is 0.740. The van der Waals surface area contributed by atoms with E-state index in [4.69, 9.17) is 4.42 Å². The molecule has 0 fully saturated rings. The summed E-state index contributed by atoms with van der Waals surface area (Å²) >= 11 is 0. The first kappa shape index (κ1) is 22.5. The highest BCUT2D eigenvalue weighted by molar-refractivity contribution is 6.11. The lowest BCUT2D eigenvalue weighted by Crippen LogP contribution is -2.18. The molecule has 5 rings (SSSR count). The van der Waals surface area contributed by atoms with Gasteiger partial charge in [0, 0.05) is 23.6 Å². The van der Waals surface area contributed by atoms with Crippen LogP contribution in [0.4, 0.5) is 4.39 Å². The van der Waals surface area contributed by atoms with E-state index < -0.39 is 0 Å². The lowest BCUT2D eigenvalue weighted by molar-refractivity contribution is 0.0964. The topological polar surface area (TPSA) is 85.8 Å². The number of tetrazole rings is 1. The molecule has 0 atom stereocenters. The summed E-state index contributed by atoms with van der Waals surface area (Å²) in [5.41, 5.74) is 4.30. The molecule has 7 nitrogen and oxygen atoms in total. The second-order valence-corrected chi connectivity index (χ2v) is 8.75. The van der Waals surface area contributed by atoms with E-state index in [1.165, 1.54) is 12.1 Å². The van der Waals surface area contributed by atoms with E-state index >= 15 is 0 Å². The molecule has 0 radical (unpaired) electrons. The SMILES string of the molecule is CNC(=O)c1c(-c2ccc(F)cc2)oc2ccc(-c3cccc(-c4nnn(CC(C)C)n4)c3)cc12. The molecule has 3 aromatic carbocycles. The highest BCUT2D eigenvalue weighted by atomic mass is 19.1. The number of aromatic nitrogens is 4. The van der Waals surface area contributed by atoms with Gasteiger partial charge in [-0.25, -0.2) is 4.39 Å². The maximum absolute atomic E-state index is 13.5. The van der Waals surface area contributed by atoms with Gasteiger partial charge in [-0.3, -0.25) is 4.79 Å². The molecule has 176 valence electrons. The molecule has 1 amide bonds. The van der Waals surface area contributed by atoms with Crippen molar-refractivity contribution in [3.05, 3.63) is 78.1 Å². The van der Waals surface area contributed by atoms with Crippen LogP contribution in [-0.4, -0.2) is 33.2 Å². The Kier molecular flexibility index (Phi) is 5.86. The third-order valence-corrected chi connectivity index (χ3v) is 5.68. The third-order valence-electron chi connectivity index (χ3n) is 5.68. The minimum absolute atomic E-state index is 0.278. The van der Waals surface area contributed by atoms with E-state index in [9.17, 15) is 9.18 Å². The Bertz CT molecular complexity index is 1520. The molecule has 0 unspecified atom stereocenters. The minimum atomic E-state index is -0.354. The first-order valence-corrected chi connectivity index (χ1v) is 11.4. The van der Waals surface area contributed by atoms with Crippen molar-refractivity contribution >= 4 is 16.9 Å². The smallest absolute Gasteiger partial charge is 0.255 e. The number of furan rings is 1. The van der Waals surface area contributed by atoms with Crippen LogP contribution in [0.3, 0.4) is 0 Å². The van der Waals surface area contributed by atoms with E-state index in [1.54, 1.807) is 24.0 Å². The molecule has 0 aliphatic carbocycles. The molecule has 0 aliphatic heterocycles. The third kappa shape index (κ3) is 4.42. The number of hydrogen-bond donors (Lipinski definition) is 1. The van der Waals surface area contributed by atoms with Gasteiger partial charge in [0.2, 0.25) is 5.82 Å². The van der Waals surface area contributed by atoms with Gasteiger partial charge in [-0.15, -0.1) is 10.2 Å². The van der Waals surface area contributed by atoms with E-state index in [-0.39, 0.29) is 11.7 Å². The van der Waals surface area contributed by atoms with Crippen LogP contribution >= 0.6 is 0 Å². The summed E-state index contributed by atoms with van der Waals surface area (Å²) < 4.78 is 19.5. The zero-order chi connectivity index (χ0) is 24.5. The van der Waals surface area contributed by atoms with Crippen LogP contribution in [0.2, 0.25) is 0 Å². The summed E-state index contributed by atoms with van der Waals surface area (Å²) in [6, 6.07) is 19.5. The first-order valence-electron chi connectivity index (χ1n) is 11.4. The van der Waals surface area contributed by atoms with Crippen LogP contribution in [0.15, 0.2) is 71.1 Å². The van der Waals surface area contributed by atoms with Gasteiger partial charge in [0.1, 0.15) is 17.2 Å². The van der Waals surface area contributed by atoms with Gasteiger partial charge in [-0.1, -0.05) is 38.1 Å². The van der Waals surface area contributed by atoms with E-state index in [0.29, 0.717) is 46.1 Å². The number of halogens is 1. The average Bonchev–Trinajstić information content (AvgIpc) is 3.48. The molecule has 0 saturated carbocycles. The van der Waals surface area contributed by atoms with Crippen LogP contribution in [-0.2, 0) is 6.54 Å². The van der Waals surface area contributed by atoms with Gasteiger partial charge >= 0.3 is 0 Å². The van der Waals surface area contributed by atoms with Crippen molar-refractivity contribution in [2.24, 2.45) is 5.92 Å². The number of amides is 1. The maximum Gasteiger partial charge on any atom is 0.255 e. The molecule has 5 aromatic rings. The number of carbonyl (C=O) groups is 1. The number of hydrogen-bond acceptors (Lipinski definition) is 5. The van der Waals surface area contributed by atoms with Crippen molar-refractivity contribution in [3.63, 3.8) is 0 Å². The molecular weight excluding hydrogens is 445 g/mol. The monoisotopic (exact) mass is 469 g/mol. The fourth-order valence-corrected chi connectivity index (χ4v) is 4.03. The summed E-state index contributed by atoms with van der Waals surface area (Å²) in [7, 11) is 1.57. The minimum Gasteiger partial charge on any atom is -0.455 e. The van der Waals surface area contributed by atoms with Gasteiger partial charge in [0.05, 0.1) is 12.1 Å². The van der Waals surface area contributed by atoms with Crippen molar-refractivity contribution in [1.82, 2.24) is 25.5 Å². The average molecular weight is 470 g/mol. The molecule has 0 spiro atoms. The van der Waals surface area contributed by atoms with Crippen LogP contribution in [0.25, 0.3) is 44.8 Å². The predicted octanol–water partition coefficient (Wildman–Crippen LogP) is 5.58. The Morgan fingerprint density at radius 1 is 1.00 bits per heavy atom. The molecule has 0 saturated heterocycles. The van der Waals surface area contributed by atoms with E-state index in [2.05, 4.69) is 34.6 Å². The van der Waals surface area contributed by atoms with Crippen LogP contribution < -0.4 is 5.32 Å². The number of fused-ring (bicyclic) bond motifs is 1. The van der Waals surface area contributed by atoms with E-state index in [0.717, 1.165) is 16.7 Å². The summed E-state index contributed by atoms with van der Waals surface area (Å²) in [4.78, 5) is 14.5.